The van der Waals surface area contributed by atoms with E-state index < -0.39 is 6.09 Å². The van der Waals surface area contributed by atoms with E-state index in [-0.39, 0.29) is 11.8 Å². The van der Waals surface area contributed by atoms with Gasteiger partial charge in [0.2, 0.25) is 0 Å². The number of rotatable bonds is 5. The smallest absolute Gasteiger partial charge is 0.407 e. The number of nitrogens with two attached hydrogens (primary N) is 1. The zero-order chi connectivity index (χ0) is 12.5. The van der Waals surface area contributed by atoms with E-state index in [0.717, 1.165) is 17.3 Å². The Balaban J connectivity index is 2.11. The van der Waals surface area contributed by atoms with Crippen LogP contribution >= 0.6 is 11.8 Å². The van der Waals surface area contributed by atoms with Crippen molar-refractivity contribution < 1.29 is 9.53 Å². The minimum absolute atomic E-state index is 0.0262. The second-order valence-corrected chi connectivity index (χ2v) is 4.32. The van der Waals surface area contributed by atoms with E-state index in [4.69, 9.17) is 15.9 Å². The van der Waals surface area contributed by atoms with Gasteiger partial charge in [0.05, 0.1) is 0 Å². The van der Waals surface area contributed by atoms with Crippen LogP contribution in [-0.2, 0) is 11.3 Å². The lowest BCUT2D eigenvalue weighted by atomic mass is 10.2. The average Bonchev–Trinajstić information content (AvgIpc) is 2.33. The molecule has 0 spiro atoms. The van der Waals surface area contributed by atoms with Gasteiger partial charge in [0.1, 0.15) is 6.61 Å². The normalized spacial score (nSPS) is 9.65. The summed E-state index contributed by atoms with van der Waals surface area (Å²) in [7, 11) is 0. The maximum atomic E-state index is 11.2. The van der Waals surface area contributed by atoms with E-state index in [9.17, 15) is 4.79 Å². The van der Waals surface area contributed by atoms with Gasteiger partial charge in [0, 0.05) is 12.3 Å². The molecular weight excluding hydrogens is 238 g/mol. The van der Waals surface area contributed by atoms with Crippen LogP contribution in [0.3, 0.4) is 0 Å². The summed E-state index contributed by atoms with van der Waals surface area (Å²) in [6, 6.07) is 9.58. The molecule has 0 aliphatic rings. The summed E-state index contributed by atoms with van der Waals surface area (Å²) in [6.07, 6.45) is -0.460. The molecule has 0 aliphatic carbocycles. The third kappa shape index (κ3) is 6.47. The van der Waals surface area contributed by atoms with Crippen LogP contribution < -0.4 is 11.1 Å². The quantitative estimate of drug-likeness (QED) is 0.422. The third-order valence-electron chi connectivity index (χ3n) is 1.85. The highest BCUT2D eigenvalue weighted by Crippen LogP contribution is 1.99. The van der Waals surface area contributed by atoms with Crippen LogP contribution in [0.25, 0.3) is 0 Å². The molecule has 5 nitrogen and oxygen atoms in total. The lowest BCUT2D eigenvalue weighted by molar-refractivity contribution is 0.152. The van der Waals surface area contributed by atoms with Gasteiger partial charge in [-0.25, -0.2) is 4.79 Å². The van der Waals surface area contributed by atoms with Gasteiger partial charge in [-0.05, 0) is 5.56 Å². The van der Waals surface area contributed by atoms with Crippen molar-refractivity contribution in [2.75, 3.05) is 12.4 Å². The number of amidine groups is 1. The summed E-state index contributed by atoms with van der Waals surface area (Å²) in [5.41, 5.74) is 6.15. The van der Waals surface area contributed by atoms with Crippen molar-refractivity contribution in [1.29, 1.82) is 5.41 Å². The number of thioether (sulfide) groups is 1. The van der Waals surface area contributed by atoms with Crippen LogP contribution in [0.2, 0.25) is 0 Å². The van der Waals surface area contributed by atoms with Gasteiger partial charge in [0.25, 0.3) is 0 Å². The highest BCUT2D eigenvalue weighted by Gasteiger charge is 2.01. The van der Waals surface area contributed by atoms with E-state index >= 15 is 0 Å². The van der Waals surface area contributed by atoms with Gasteiger partial charge in [0.15, 0.2) is 5.17 Å². The first-order valence-corrected chi connectivity index (χ1v) is 6.08. The summed E-state index contributed by atoms with van der Waals surface area (Å²) in [6.45, 7) is 0.685. The van der Waals surface area contributed by atoms with Gasteiger partial charge < -0.3 is 15.8 Å². The Hall–Kier alpha value is -1.69. The second kappa shape index (κ2) is 7.56. The van der Waals surface area contributed by atoms with Crippen LogP contribution in [0, 0.1) is 5.41 Å². The lowest BCUT2D eigenvalue weighted by Gasteiger charge is -2.06. The van der Waals surface area contributed by atoms with Crippen LogP contribution in [-0.4, -0.2) is 23.6 Å². The number of hydrogen-bond donors (Lipinski definition) is 3. The lowest BCUT2D eigenvalue weighted by Crippen LogP contribution is -2.24. The summed E-state index contributed by atoms with van der Waals surface area (Å²) in [4.78, 5) is 11.2. The van der Waals surface area contributed by atoms with Crippen molar-refractivity contribution >= 4 is 23.0 Å². The molecule has 0 atom stereocenters. The van der Waals surface area contributed by atoms with Gasteiger partial charge in [-0.2, -0.15) is 0 Å². The highest BCUT2D eigenvalue weighted by atomic mass is 32.2. The molecule has 6 heteroatoms. The molecule has 1 amide bonds. The van der Waals surface area contributed by atoms with E-state index in [0.29, 0.717) is 12.3 Å². The number of benzene rings is 1. The van der Waals surface area contributed by atoms with Crippen LogP contribution in [0.1, 0.15) is 5.56 Å². The molecule has 0 unspecified atom stereocenters. The second-order valence-electron chi connectivity index (χ2n) is 3.19. The molecule has 1 rings (SSSR count). The number of ether oxygens (including phenoxy) is 1. The van der Waals surface area contributed by atoms with Crippen molar-refractivity contribution in [2.45, 2.75) is 6.54 Å². The van der Waals surface area contributed by atoms with E-state index in [1.807, 2.05) is 30.3 Å². The van der Waals surface area contributed by atoms with Crippen LogP contribution in [0.5, 0.6) is 0 Å². The molecule has 0 fully saturated rings. The SMILES string of the molecule is N=C(N)SCCOC(=O)NCc1ccccc1. The summed E-state index contributed by atoms with van der Waals surface area (Å²) in [5, 5.41) is 9.62. The first kappa shape index (κ1) is 13.4. The maximum Gasteiger partial charge on any atom is 0.407 e. The largest absolute Gasteiger partial charge is 0.449 e. The van der Waals surface area contributed by atoms with Gasteiger partial charge in [-0.3, -0.25) is 5.41 Å². The molecule has 4 N–H and O–H groups in total. The van der Waals surface area contributed by atoms with Gasteiger partial charge >= 0.3 is 6.09 Å². The zero-order valence-electron chi connectivity index (χ0n) is 9.31. The molecule has 17 heavy (non-hydrogen) atoms. The molecule has 0 heterocycles. The Morgan fingerprint density at radius 1 is 1.41 bits per heavy atom. The highest BCUT2D eigenvalue weighted by molar-refractivity contribution is 8.13. The number of carbonyl (C=O) groups excluding carboxylic acids is 1. The van der Waals surface area contributed by atoms with Gasteiger partial charge in [-0.1, -0.05) is 42.1 Å². The minimum atomic E-state index is -0.460. The molecular formula is C11H15N3O2S. The fourth-order valence-corrected chi connectivity index (χ4v) is 1.49. The fourth-order valence-electron chi connectivity index (χ4n) is 1.11. The van der Waals surface area contributed by atoms with Crippen molar-refractivity contribution in [2.24, 2.45) is 5.73 Å². The summed E-state index contributed by atoms with van der Waals surface area (Å²) >= 11 is 1.14. The third-order valence-corrected chi connectivity index (χ3v) is 2.54. The van der Waals surface area contributed by atoms with Crippen molar-refractivity contribution in [1.82, 2.24) is 5.32 Å². The Kier molecular flexibility index (Phi) is 5.95. The van der Waals surface area contributed by atoms with Crippen molar-refractivity contribution in [3.05, 3.63) is 35.9 Å². The number of nitrogens with one attached hydrogen (secondary N) is 2. The fraction of sp³-hybridized carbons (Fsp3) is 0.273. The summed E-state index contributed by atoms with van der Waals surface area (Å²) < 4.78 is 4.89. The van der Waals surface area contributed by atoms with E-state index in [1.165, 1.54) is 0 Å². The minimum Gasteiger partial charge on any atom is -0.449 e. The standard InChI is InChI=1S/C11H15N3O2S/c12-10(13)17-7-6-16-11(15)14-8-9-4-2-1-3-5-9/h1-5H,6-8H2,(H3,12,13)(H,14,15). The zero-order valence-corrected chi connectivity index (χ0v) is 10.1. The topological polar surface area (TPSA) is 88.2 Å². The number of alkyl carbamates (subject to hydrolysis) is 1. The van der Waals surface area contributed by atoms with Crippen LogP contribution in [0.4, 0.5) is 4.79 Å². The first-order valence-electron chi connectivity index (χ1n) is 5.10. The molecule has 0 aliphatic heterocycles. The molecule has 0 radical (unpaired) electrons. The monoisotopic (exact) mass is 253 g/mol. The average molecular weight is 253 g/mol. The predicted molar refractivity (Wildman–Crippen MR) is 69.0 cm³/mol. The van der Waals surface area contributed by atoms with Gasteiger partial charge in [-0.15, -0.1) is 0 Å². The first-order chi connectivity index (χ1) is 8.18. The maximum absolute atomic E-state index is 11.2. The Labute approximate surface area is 104 Å². The molecule has 0 bridgehead atoms. The molecule has 0 aromatic heterocycles. The molecule has 0 saturated carbocycles. The molecule has 1 aromatic carbocycles. The number of hydrogen-bond acceptors (Lipinski definition) is 4. The molecule has 1 aromatic rings. The number of amides is 1. The van der Waals surface area contributed by atoms with Crippen molar-refractivity contribution in [3.8, 4) is 0 Å². The molecule has 92 valence electrons. The van der Waals surface area contributed by atoms with Crippen molar-refractivity contribution in [3.63, 3.8) is 0 Å². The Bertz CT molecular complexity index is 370. The van der Waals surface area contributed by atoms with E-state index in [2.05, 4.69) is 5.32 Å². The Morgan fingerprint density at radius 2 is 2.12 bits per heavy atom. The predicted octanol–water partition coefficient (Wildman–Crippen LogP) is 1.54. The van der Waals surface area contributed by atoms with Crippen LogP contribution in [0.15, 0.2) is 30.3 Å². The molecule has 0 saturated heterocycles. The Morgan fingerprint density at radius 3 is 2.76 bits per heavy atom. The summed E-state index contributed by atoms with van der Waals surface area (Å²) in [5.74, 6) is 0.494. The number of carbonyl (C=O) groups is 1. The van der Waals surface area contributed by atoms with E-state index in [1.54, 1.807) is 0 Å².